The zero-order chi connectivity index (χ0) is 15.9. The molecule has 3 heterocycles. The number of nitriles is 1. The van der Waals surface area contributed by atoms with E-state index in [-0.39, 0.29) is 0 Å². The van der Waals surface area contributed by atoms with Crippen molar-refractivity contribution in [2.45, 2.75) is 32.2 Å². The molecule has 4 rings (SSSR count). The second-order valence-corrected chi connectivity index (χ2v) is 7.07. The standard InChI is InChI=1S/C19H22N4/c1-14-11-19(6-9-21-10-7-19)13-23(14)17-5-4-15(12-20)18-16(17)3-2-8-22-18/h2-5,8,14,21H,6-7,9-11,13H2,1H3/t14-/m0/s1. The highest BCUT2D eigenvalue weighted by Gasteiger charge is 2.43. The van der Waals surface area contributed by atoms with Crippen LogP contribution in [-0.2, 0) is 0 Å². The van der Waals surface area contributed by atoms with Crippen molar-refractivity contribution in [1.82, 2.24) is 10.3 Å². The van der Waals surface area contributed by atoms with Gasteiger partial charge in [-0.2, -0.15) is 5.26 Å². The topological polar surface area (TPSA) is 52.0 Å². The first kappa shape index (κ1) is 14.5. The van der Waals surface area contributed by atoms with E-state index >= 15 is 0 Å². The number of aromatic nitrogens is 1. The summed E-state index contributed by atoms with van der Waals surface area (Å²) in [6.45, 7) is 5.72. The highest BCUT2D eigenvalue weighted by molar-refractivity contribution is 5.95. The van der Waals surface area contributed by atoms with E-state index in [0.29, 0.717) is 17.0 Å². The van der Waals surface area contributed by atoms with Gasteiger partial charge in [-0.3, -0.25) is 4.98 Å². The summed E-state index contributed by atoms with van der Waals surface area (Å²) in [7, 11) is 0. The van der Waals surface area contributed by atoms with E-state index in [1.807, 2.05) is 12.1 Å². The minimum atomic E-state index is 0.451. The lowest BCUT2D eigenvalue weighted by Gasteiger charge is -2.34. The van der Waals surface area contributed by atoms with Gasteiger partial charge in [0.25, 0.3) is 0 Å². The van der Waals surface area contributed by atoms with Crippen LogP contribution in [-0.4, -0.2) is 30.7 Å². The normalized spacial score (nSPS) is 23.3. The van der Waals surface area contributed by atoms with Crippen LogP contribution < -0.4 is 10.2 Å². The van der Waals surface area contributed by atoms with Crippen molar-refractivity contribution in [2.24, 2.45) is 5.41 Å². The van der Waals surface area contributed by atoms with Crippen molar-refractivity contribution in [1.29, 1.82) is 5.26 Å². The SMILES string of the molecule is C[C@H]1CC2(CCNCC2)CN1c1ccc(C#N)c2ncccc12. The molecule has 2 aliphatic heterocycles. The highest BCUT2D eigenvalue weighted by atomic mass is 15.2. The van der Waals surface area contributed by atoms with Crippen LogP contribution in [0.4, 0.5) is 5.69 Å². The average molecular weight is 306 g/mol. The van der Waals surface area contributed by atoms with Gasteiger partial charge in [0.15, 0.2) is 0 Å². The molecule has 0 amide bonds. The van der Waals surface area contributed by atoms with E-state index in [0.717, 1.165) is 30.5 Å². The first-order valence-electron chi connectivity index (χ1n) is 8.48. The molecule has 4 nitrogen and oxygen atoms in total. The number of nitrogens with one attached hydrogen (secondary N) is 1. The number of benzene rings is 1. The van der Waals surface area contributed by atoms with Crippen LogP contribution in [0.5, 0.6) is 0 Å². The smallest absolute Gasteiger partial charge is 0.101 e. The largest absolute Gasteiger partial charge is 0.368 e. The van der Waals surface area contributed by atoms with Crippen molar-refractivity contribution in [3.8, 4) is 6.07 Å². The number of rotatable bonds is 1. The Bertz CT molecular complexity index is 771. The van der Waals surface area contributed by atoms with Gasteiger partial charge >= 0.3 is 0 Å². The lowest BCUT2D eigenvalue weighted by molar-refractivity contribution is 0.227. The molecule has 1 N–H and O–H groups in total. The quantitative estimate of drug-likeness (QED) is 0.879. The maximum Gasteiger partial charge on any atom is 0.101 e. The average Bonchev–Trinajstić information content (AvgIpc) is 2.90. The van der Waals surface area contributed by atoms with Crippen LogP contribution in [0.3, 0.4) is 0 Å². The lowest BCUT2D eigenvalue weighted by Crippen LogP contribution is -2.38. The zero-order valence-corrected chi connectivity index (χ0v) is 13.5. The van der Waals surface area contributed by atoms with Gasteiger partial charge in [-0.25, -0.2) is 0 Å². The van der Waals surface area contributed by atoms with Gasteiger partial charge in [0.1, 0.15) is 6.07 Å². The van der Waals surface area contributed by atoms with Gasteiger partial charge in [0, 0.05) is 29.9 Å². The van der Waals surface area contributed by atoms with Gasteiger partial charge in [-0.1, -0.05) is 0 Å². The highest BCUT2D eigenvalue weighted by Crippen LogP contribution is 2.45. The fourth-order valence-electron chi connectivity index (χ4n) is 4.46. The first-order chi connectivity index (χ1) is 11.2. The molecule has 0 bridgehead atoms. The Hall–Kier alpha value is -2.12. The number of hydrogen-bond donors (Lipinski definition) is 1. The molecule has 0 radical (unpaired) electrons. The number of piperidine rings is 1. The molecule has 0 aliphatic carbocycles. The second kappa shape index (κ2) is 5.50. The third-order valence-corrected chi connectivity index (χ3v) is 5.61. The Kier molecular flexibility index (Phi) is 3.46. The molecule has 23 heavy (non-hydrogen) atoms. The summed E-state index contributed by atoms with van der Waals surface area (Å²) in [4.78, 5) is 6.99. The van der Waals surface area contributed by atoms with Gasteiger partial charge in [-0.05, 0) is 69.0 Å². The summed E-state index contributed by atoms with van der Waals surface area (Å²) in [6.07, 6.45) is 5.56. The summed E-state index contributed by atoms with van der Waals surface area (Å²) in [5.41, 5.74) is 3.17. The molecule has 4 heteroatoms. The maximum absolute atomic E-state index is 9.33. The van der Waals surface area contributed by atoms with Crippen molar-refractivity contribution >= 4 is 16.6 Å². The molecule has 1 spiro atoms. The van der Waals surface area contributed by atoms with Crippen molar-refractivity contribution in [2.75, 3.05) is 24.5 Å². The monoisotopic (exact) mass is 306 g/mol. The van der Waals surface area contributed by atoms with Gasteiger partial charge in [0.05, 0.1) is 11.1 Å². The van der Waals surface area contributed by atoms with Crippen LogP contribution in [0.25, 0.3) is 10.9 Å². The van der Waals surface area contributed by atoms with Gasteiger partial charge in [-0.15, -0.1) is 0 Å². The number of anilines is 1. The van der Waals surface area contributed by atoms with E-state index in [1.165, 1.54) is 24.9 Å². The fourth-order valence-corrected chi connectivity index (χ4v) is 4.46. The third-order valence-electron chi connectivity index (χ3n) is 5.61. The van der Waals surface area contributed by atoms with Crippen molar-refractivity contribution in [3.05, 3.63) is 36.0 Å². The summed E-state index contributed by atoms with van der Waals surface area (Å²) in [5, 5.41) is 13.9. The Labute approximate surface area is 137 Å². The van der Waals surface area contributed by atoms with E-state index in [4.69, 9.17) is 0 Å². The molecule has 0 unspecified atom stereocenters. The second-order valence-electron chi connectivity index (χ2n) is 7.07. The summed E-state index contributed by atoms with van der Waals surface area (Å²) >= 11 is 0. The van der Waals surface area contributed by atoms with Gasteiger partial charge < -0.3 is 10.2 Å². The Balaban J connectivity index is 1.76. The molecule has 1 aromatic carbocycles. The Morgan fingerprint density at radius 3 is 2.91 bits per heavy atom. The van der Waals surface area contributed by atoms with E-state index < -0.39 is 0 Å². The minimum absolute atomic E-state index is 0.451. The summed E-state index contributed by atoms with van der Waals surface area (Å²) in [6, 6.07) is 10.9. The molecule has 0 saturated carbocycles. The van der Waals surface area contributed by atoms with E-state index in [9.17, 15) is 5.26 Å². The van der Waals surface area contributed by atoms with Crippen LogP contribution in [0, 0.1) is 16.7 Å². The fraction of sp³-hybridized carbons (Fsp3) is 0.474. The number of nitrogens with zero attached hydrogens (tertiary/aromatic N) is 3. The predicted octanol–water partition coefficient (Wildman–Crippen LogP) is 3.07. The zero-order valence-electron chi connectivity index (χ0n) is 13.5. The molecule has 2 fully saturated rings. The number of pyridine rings is 1. The molecule has 2 saturated heterocycles. The molecule has 1 atom stereocenters. The molecule has 2 aromatic rings. The van der Waals surface area contributed by atoms with Crippen LogP contribution in [0.15, 0.2) is 30.5 Å². The molecular weight excluding hydrogens is 284 g/mol. The van der Waals surface area contributed by atoms with Crippen LogP contribution >= 0.6 is 0 Å². The number of fused-ring (bicyclic) bond motifs is 1. The predicted molar refractivity (Wildman–Crippen MR) is 92.4 cm³/mol. The maximum atomic E-state index is 9.33. The van der Waals surface area contributed by atoms with E-state index in [2.05, 4.69) is 40.3 Å². The van der Waals surface area contributed by atoms with Crippen molar-refractivity contribution in [3.63, 3.8) is 0 Å². The molecule has 118 valence electrons. The molecule has 2 aliphatic rings. The Morgan fingerprint density at radius 1 is 1.30 bits per heavy atom. The molecule has 1 aromatic heterocycles. The van der Waals surface area contributed by atoms with Crippen LogP contribution in [0.1, 0.15) is 31.7 Å². The van der Waals surface area contributed by atoms with Crippen molar-refractivity contribution < 1.29 is 0 Å². The Morgan fingerprint density at radius 2 is 2.13 bits per heavy atom. The van der Waals surface area contributed by atoms with Crippen LogP contribution in [0.2, 0.25) is 0 Å². The third kappa shape index (κ3) is 2.36. The minimum Gasteiger partial charge on any atom is -0.368 e. The van der Waals surface area contributed by atoms with Gasteiger partial charge in [0.2, 0.25) is 0 Å². The summed E-state index contributed by atoms with van der Waals surface area (Å²) in [5.74, 6) is 0. The first-order valence-corrected chi connectivity index (χ1v) is 8.48. The van der Waals surface area contributed by atoms with E-state index in [1.54, 1.807) is 6.20 Å². The molecular formula is C19H22N4. The number of hydrogen-bond acceptors (Lipinski definition) is 4. The lowest BCUT2D eigenvalue weighted by atomic mass is 9.77. The summed E-state index contributed by atoms with van der Waals surface area (Å²) < 4.78 is 0.